The number of allylic oxidation sites excluding steroid dienone is 4. The first kappa shape index (κ1) is 22.4. The number of ketones is 1. The monoisotopic (exact) mass is 469 g/mol. The molecule has 0 radical (unpaired) electrons. The van der Waals surface area contributed by atoms with Crippen molar-refractivity contribution in [1.82, 2.24) is 0 Å². The smallest absolute Gasteiger partial charge is 0.229 e. The average Bonchev–Trinajstić information content (AvgIpc) is 2.72. The third kappa shape index (κ3) is 3.62. The molecule has 166 valence electrons. The highest BCUT2D eigenvalue weighted by atomic mass is 35.5. The van der Waals surface area contributed by atoms with Crippen LogP contribution in [0.2, 0.25) is 0 Å². The number of ether oxygens (including phenoxy) is 2. The third-order valence-electron chi connectivity index (χ3n) is 5.76. The van der Waals surface area contributed by atoms with Crippen LogP contribution < -0.4 is 4.74 Å². The maximum Gasteiger partial charge on any atom is 0.229 e. The van der Waals surface area contributed by atoms with Gasteiger partial charge in [-0.1, -0.05) is 37.0 Å². The lowest BCUT2D eigenvalue weighted by Crippen LogP contribution is -2.60. The van der Waals surface area contributed by atoms with Gasteiger partial charge in [0, 0.05) is 11.0 Å². The van der Waals surface area contributed by atoms with E-state index in [1.807, 2.05) is 13.8 Å². The minimum atomic E-state index is -1.55. The molecule has 0 spiro atoms. The summed E-state index contributed by atoms with van der Waals surface area (Å²) in [5.41, 5.74) is 1.67. The Balaban J connectivity index is 1.70. The van der Waals surface area contributed by atoms with Crippen LogP contribution in [0.3, 0.4) is 0 Å². The number of rotatable bonds is 3. The SMILES string of the molecule is CC1(C)C2=C(Cl)C(=O)C(Cl)=CC2=Nc2ccc(O[C@@H]3OC(CO)[C@H](O)C(O)C3O)cc21. The Morgan fingerprint density at radius 1 is 1.16 bits per heavy atom. The lowest BCUT2D eigenvalue weighted by Gasteiger charge is -2.40. The molecule has 10 heteroatoms. The number of aliphatic imine (C=N–C) groups is 1. The van der Waals surface area contributed by atoms with Gasteiger partial charge >= 0.3 is 0 Å². The Hall–Kier alpha value is -1.78. The topological polar surface area (TPSA) is 129 Å². The van der Waals surface area contributed by atoms with Crippen LogP contribution in [0.4, 0.5) is 5.69 Å². The van der Waals surface area contributed by atoms with Crippen molar-refractivity contribution in [3.8, 4) is 5.75 Å². The molecule has 0 amide bonds. The highest BCUT2D eigenvalue weighted by Crippen LogP contribution is 2.47. The number of benzene rings is 1. The van der Waals surface area contributed by atoms with E-state index < -0.39 is 48.5 Å². The molecule has 4 N–H and O–H groups in total. The van der Waals surface area contributed by atoms with E-state index in [9.17, 15) is 25.2 Å². The quantitative estimate of drug-likeness (QED) is 0.492. The van der Waals surface area contributed by atoms with Gasteiger partial charge < -0.3 is 29.9 Å². The van der Waals surface area contributed by atoms with Gasteiger partial charge in [0.2, 0.25) is 12.1 Å². The van der Waals surface area contributed by atoms with Crippen LogP contribution in [0.5, 0.6) is 5.75 Å². The normalized spacial score (nSPS) is 32.1. The number of hydrogen-bond acceptors (Lipinski definition) is 8. The second kappa shape index (κ2) is 7.97. The molecule has 0 bridgehead atoms. The van der Waals surface area contributed by atoms with Gasteiger partial charge in [0.25, 0.3) is 0 Å². The highest BCUT2D eigenvalue weighted by Gasteiger charge is 2.45. The summed E-state index contributed by atoms with van der Waals surface area (Å²) < 4.78 is 11.1. The van der Waals surface area contributed by atoms with E-state index in [1.165, 1.54) is 6.08 Å². The molecule has 3 aliphatic rings. The van der Waals surface area contributed by atoms with Gasteiger partial charge in [0.05, 0.1) is 28.1 Å². The Morgan fingerprint density at radius 2 is 1.87 bits per heavy atom. The van der Waals surface area contributed by atoms with E-state index in [0.717, 1.165) is 0 Å². The summed E-state index contributed by atoms with van der Waals surface area (Å²) in [6.45, 7) is 3.21. The van der Waals surface area contributed by atoms with Crippen LogP contribution in [0.25, 0.3) is 0 Å². The van der Waals surface area contributed by atoms with Crippen LogP contribution in [0.1, 0.15) is 19.4 Å². The number of fused-ring (bicyclic) bond motifs is 2. The maximum atomic E-state index is 12.3. The fraction of sp³-hybridized carbons (Fsp3) is 0.429. The van der Waals surface area contributed by atoms with E-state index in [-0.39, 0.29) is 10.1 Å². The first-order valence-corrected chi connectivity index (χ1v) is 10.3. The van der Waals surface area contributed by atoms with E-state index in [2.05, 4.69) is 4.99 Å². The summed E-state index contributed by atoms with van der Waals surface area (Å²) in [5.74, 6) is -0.176. The zero-order valence-electron chi connectivity index (χ0n) is 16.6. The molecule has 4 rings (SSSR count). The van der Waals surface area contributed by atoms with Crippen molar-refractivity contribution in [2.75, 3.05) is 6.61 Å². The molecule has 2 aliphatic heterocycles. The van der Waals surface area contributed by atoms with Gasteiger partial charge in [-0.15, -0.1) is 0 Å². The molecule has 1 aromatic carbocycles. The number of hydrogen-bond donors (Lipinski definition) is 4. The number of nitrogens with zero attached hydrogens (tertiary/aromatic N) is 1. The molecule has 8 nitrogen and oxygen atoms in total. The van der Waals surface area contributed by atoms with Crippen LogP contribution >= 0.6 is 23.2 Å². The molecular weight excluding hydrogens is 449 g/mol. The van der Waals surface area contributed by atoms with Gasteiger partial charge in [-0.2, -0.15) is 0 Å². The zero-order valence-corrected chi connectivity index (χ0v) is 18.1. The summed E-state index contributed by atoms with van der Waals surface area (Å²) in [4.78, 5) is 16.9. The Kier molecular flexibility index (Phi) is 5.76. The second-order valence-corrected chi connectivity index (χ2v) is 8.91. The van der Waals surface area contributed by atoms with E-state index >= 15 is 0 Å². The van der Waals surface area contributed by atoms with Gasteiger partial charge in [0.15, 0.2) is 0 Å². The molecule has 1 aliphatic carbocycles. The van der Waals surface area contributed by atoms with Crippen molar-refractivity contribution in [2.45, 2.75) is 50.0 Å². The van der Waals surface area contributed by atoms with Gasteiger partial charge in [-0.3, -0.25) is 4.79 Å². The number of carbonyl (C=O) groups is 1. The van der Waals surface area contributed by atoms with E-state index in [4.69, 9.17) is 32.7 Å². The minimum absolute atomic E-state index is 0.00200. The number of aliphatic hydroxyl groups is 4. The molecule has 31 heavy (non-hydrogen) atoms. The van der Waals surface area contributed by atoms with Gasteiger partial charge in [-0.25, -0.2) is 4.99 Å². The van der Waals surface area contributed by atoms with Gasteiger partial charge in [0.1, 0.15) is 30.2 Å². The van der Waals surface area contributed by atoms with Crippen LogP contribution in [-0.2, 0) is 14.9 Å². The predicted octanol–water partition coefficient (Wildman–Crippen LogP) is 1.43. The van der Waals surface area contributed by atoms with Crippen molar-refractivity contribution >= 4 is 40.4 Å². The summed E-state index contributed by atoms with van der Waals surface area (Å²) in [7, 11) is 0. The largest absolute Gasteiger partial charge is 0.462 e. The average molecular weight is 470 g/mol. The van der Waals surface area contributed by atoms with Crippen molar-refractivity contribution in [3.63, 3.8) is 0 Å². The second-order valence-electron chi connectivity index (χ2n) is 8.13. The first-order valence-electron chi connectivity index (χ1n) is 9.59. The molecule has 1 aromatic rings. The molecule has 0 aromatic heterocycles. The van der Waals surface area contributed by atoms with E-state index in [1.54, 1.807) is 18.2 Å². The summed E-state index contributed by atoms with van der Waals surface area (Å²) in [6.07, 6.45) is -5.47. The van der Waals surface area contributed by atoms with Crippen LogP contribution in [0, 0.1) is 0 Å². The van der Waals surface area contributed by atoms with Gasteiger partial charge in [-0.05, 0) is 29.8 Å². The fourth-order valence-corrected chi connectivity index (χ4v) is 4.70. The Bertz CT molecular complexity index is 1030. The van der Waals surface area contributed by atoms with E-state index in [0.29, 0.717) is 28.3 Å². The van der Waals surface area contributed by atoms with Crippen LogP contribution in [-0.4, -0.2) is 69.2 Å². The lowest BCUT2D eigenvalue weighted by atomic mass is 9.71. The van der Waals surface area contributed by atoms with Crippen molar-refractivity contribution < 1.29 is 34.7 Å². The van der Waals surface area contributed by atoms with Crippen LogP contribution in [0.15, 0.2) is 44.9 Å². The Morgan fingerprint density at radius 3 is 2.55 bits per heavy atom. The number of halogens is 2. The number of aliphatic hydroxyl groups excluding tert-OH is 4. The molecule has 1 saturated heterocycles. The number of carbonyl (C=O) groups excluding carboxylic acids is 1. The Labute approximate surface area is 188 Å². The zero-order chi connectivity index (χ0) is 22.7. The molecule has 5 atom stereocenters. The third-order valence-corrected chi connectivity index (χ3v) is 6.40. The lowest BCUT2D eigenvalue weighted by molar-refractivity contribution is -0.277. The number of Topliss-reactive ketones (excluding diaryl/α,β-unsaturated/α-hetero) is 1. The molecule has 1 fully saturated rings. The first-order chi connectivity index (χ1) is 14.6. The molecule has 3 unspecified atom stereocenters. The summed E-state index contributed by atoms with van der Waals surface area (Å²) in [6, 6.07) is 4.99. The minimum Gasteiger partial charge on any atom is -0.462 e. The maximum absolute atomic E-state index is 12.3. The molecule has 0 saturated carbocycles. The standard InChI is InChI=1S/C21H21Cl2NO7/c1-21(2)9-5-8(30-20-19(29)18(28)17(27)13(7-25)31-20)3-4-11(9)24-12-6-10(22)16(26)15(23)14(12)21/h3-6,13,17-20,25,27-29H,7H2,1-2H3/t13?,17-,18?,19?,20+/m0/s1. The molecular formula is C21H21Cl2NO7. The van der Waals surface area contributed by atoms with Crippen molar-refractivity contribution in [3.05, 3.63) is 45.5 Å². The van der Waals surface area contributed by atoms with Crippen molar-refractivity contribution in [2.24, 2.45) is 4.99 Å². The highest BCUT2D eigenvalue weighted by molar-refractivity contribution is 6.58. The predicted molar refractivity (Wildman–Crippen MR) is 113 cm³/mol. The molecule has 2 heterocycles. The summed E-state index contributed by atoms with van der Waals surface area (Å²) >= 11 is 12.3. The fourth-order valence-electron chi connectivity index (χ4n) is 4.02. The summed E-state index contributed by atoms with van der Waals surface area (Å²) in [5, 5.41) is 39.4. The van der Waals surface area contributed by atoms with Crippen molar-refractivity contribution in [1.29, 1.82) is 0 Å².